The average Bonchev–Trinajstić information content (AvgIpc) is 2.78. The lowest BCUT2D eigenvalue weighted by atomic mass is 10.2. The number of hydrogen-bond donors (Lipinski definition) is 1. The standard InChI is InChI=1S/C13H25N3S2/c1-5-6-11-12(9-14)18-13(15-11)16(3)10(2)7-8-17-4/h10H,5-9,14H2,1-4H3. The fourth-order valence-corrected chi connectivity index (χ4v) is 3.41. The highest BCUT2D eigenvalue weighted by Gasteiger charge is 2.16. The van der Waals surface area contributed by atoms with Crippen molar-refractivity contribution in [2.45, 2.75) is 45.7 Å². The van der Waals surface area contributed by atoms with Crippen LogP contribution in [0, 0.1) is 0 Å². The van der Waals surface area contributed by atoms with Gasteiger partial charge < -0.3 is 10.6 Å². The summed E-state index contributed by atoms with van der Waals surface area (Å²) in [5.41, 5.74) is 7.00. The molecular formula is C13H25N3S2. The maximum atomic E-state index is 5.80. The molecule has 1 unspecified atom stereocenters. The molecule has 104 valence electrons. The molecular weight excluding hydrogens is 262 g/mol. The molecule has 0 radical (unpaired) electrons. The molecule has 0 saturated carbocycles. The molecule has 18 heavy (non-hydrogen) atoms. The van der Waals surface area contributed by atoms with Crippen LogP contribution in [0.15, 0.2) is 0 Å². The van der Waals surface area contributed by atoms with Gasteiger partial charge in [-0.3, -0.25) is 0 Å². The predicted octanol–water partition coefficient (Wildman–Crippen LogP) is 3.13. The Labute approximate surface area is 119 Å². The minimum Gasteiger partial charge on any atom is -0.348 e. The second-order valence-corrected chi connectivity index (χ2v) is 6.61. The van der Waals surface area contributed by atoms with Gasteiger partial charge in [0.2, 0.25) is 0 Å². The molecule has 0 aliphatic rings. The summed E-state index contributed by atoms with van der Waals surface area (Å²) in [6.45, 7) is 5.06. The van der Waals surface area contributed by atoms with Crippen LogP contribution < -0.4 is 10.6 Å². The summed E-state index contributed by atoms with van der Waals surface area (Å²) in [7, 11) is 2.14. The summed E-state index contributed by atoms with van der Waals surface area (Å²) >= 11 is 3.65. The van der Waals surface area contributed by atoms with Crippen LogP contribution >= 0.6 is 23.1 Å². The SMILES string of the molecule is CCCc1nc(N(C)C(C)CCSC)sc1CN. The number of aryl methyl sites for hydroxylation is 1. The van der Waals surface area contributed by atoms with Crippen molar-refractivity contribution >= 4 is 28.2 Å². The maximum absolute atomic E-state index is 5.80. The average molecular weight is 287 g/mol. The third kappa shape index (κ3) is 4.14. The van der Waals surface area contributed by atoms with E-state index in [1.54, 1.807) is 11.3 Å². The van der Waals surface area contributed by atoms with Crippen molar-refractivity contribution in [3.8, 4) is 0 Å². The van der Waals surface area contributed by atoms with Crippen molar-refractivity contribution in [3.05, 3.63) is 10.6 Å². The molecule has 0 fully saturated rings. The molecule has 1 heterocycles. The van der Waals surface area contributed by atoms with E-state index in [9.17, 15) is 0 Å². The summed E-state index contributed by atoms with van der Waals surface area (Å²) in [4.78, 5) is 8.29. The Bertz CT molecular complexity index is 352. The van der Waals surface area contributed by atoms with Gasteiger partial charge in [-0.25, -0.2) is 4.98 Å². The Morgan fingerprint density at radius 1 is 1.50 bits per heavy atom. The van der Waals surface area contributed by atoms with E-state index in [1.165, 1.54) is 22.7 Å². The van der Waals surface area contributed by atoms with Crippen molar-refractivity contribution in [3.63, 3.8) is 0 Å². The summed E-state index contributed by atoms with van der Waals surface area (Å²) in [5.74, 6) is 1.20. The molecule has 0 amide bonds. The Kier molecular flexibility index (Phi) is 7.04. The molecule has 2 N–H and O–H groups in total. The summed E-state index contributed by atoms with van der Waals surface area (Å²) < 4.78 is 0. The third-order valence-corrected chi connectivity index (χ3v) is 5.00. The molecule has 1 aromatic rings. The Morgan fingerprint density at radius 2 is 2.22 bits per heavy atom. The molecule has 0 bridgehead atoms. The van der Waals surface area contributed by atoms with Crippen molar-refractivity contribution in [2.24, 2.45) is 5.73 Å². The van der Waals surface area contributed by atoms with Crippen LogP contribution in [0.5, 0.6) is 0 Å². The van der Waals surface area contributed by atoms with E-state index in [0.717, 1.165) is 18.0 Å². The van der Waals surface area contributed by atoms with Crippen LogP contribution in [0.25, 0.3) is 0 Å². The van der Waals surface area contributed by atoms with Gasteiger partial charge in [0.1, 0.15) is 0 Å². The number of rotatable bonds is 8. The molecule has 0 saturated heterocycles. The molecule has 0 spiro atoms. The molecule has 0 aliphatic heterocycles. The minimum absolute atomic E-state index is 0.531. The van der Waals surface area contributed by atoms with E-state index in [0.29, 0.717) is 12.6 Å². The highest BCUT2D eigenvalue weighted by molar-refractivity contribution is 7.98. The normalized spacial score (nSPS) is 12.7. The number of nitrogens with zero attached hydrogens (tertiary/aromatic N) is 2. The zero-order valence-electron chi connectivity index (χ0n) is 11.9. The zero-order chi connectivity index (χ0) is 13.5. The van der Waals surface area contributed by atoms with Crippen LogP contribution in [-0.4, -0.2) is 30.1 Å². The van der Waals surface area contributed by atoms with E-state index < -0.39 is 0 Å². The summed E-state index contributed by atoms with van der Waals surface area (Å²) in [6.07, 6.45) is 5.51. The largest absolute Gasteiger partial charge is 0.348 e. The van der Waals surface area contributed by atoms with Gasteiger partial charge in [0, 0.05) is 24.5 Å². The minimum atomic E-state index is 0.531. The number of hydrogen-bond acceptors (Lipinski definition) is 5. The van der Waals surface area contributed by atoms with Gasteiger partial charge in [0.25, 0.3) is 0 Å². The zero-order valence-corrected chi connectivity index (χ0v) is 13.5. The topological polar surface area (TPSA) is 42.2 Å². The smallest absolute Gasteiger partial charge is 0.185 e. The fraction of sp³-hybridized carbons (Fsp3) is 0.769. The molecule has 3 nitrogen and oxygen atoms in total. The van der Waals surface area contributed by atoms with E-state index in [4.69, 9.17) is 10.7 Å². The first-order chi connectivity index (χ1) is 8.63. The first-order valence-electron chi connectivity index (χ1n) is 6.54. The molecule has 1 atom stereocenters. The monoisotopic (exact) mass is 287 g/mol. The molecule has 0 aliphatic carbocycles. The number of thiazole rings is 1. The number of anilines is 1. The Hall–Kier alpha value is -0.260. The first-order valence-corrected chi connectivity index (χ1v) is 8.75. The number of thioether (sulfide) groups is 1. The van der Waals surface area contributed by atoms with Gasteiger partial charge in [0.05, 0.1) is 5.69 Å². The van der Waals surface area contributed by atoms with Gasteiger partial charge in [-0.05, 0) is 31.8 Å². The van der Waals surface area contributed by atoms with Crippen molar-refractivity contribution in [1.29, 1.82) is 0 Å². The van der Waals surface area contributed by atoms with Crippen LogP contribution in [0.2, 0.25) is 0 Å². The summed E-state index contributed by atoms with van der Waals surface area (Å²) in [6, 6.07) is 0.531. The second-order valence-electron chi connectivity index (χ2n) is 4.56. The lowest BCUT2D eigenvalue weighted by Gasteiger charge is -2.23. The number of nitrogens with two attached hydrogens (primary N) is 1. The molecule has 5 heteroatoms. The van der Waals surface area contributed by atoms with E-state index in [2.05, 4.69) is 32.1 Å². The highest BCUT2D eigenvalue weighted by atomic mass is 32.2. The molecule has 1 aromatic heterocycles. The highest BCUT2D eigenvalue weighted by Crippen LogP contribution is 2.28. The Balaban J connectivity index is 2.75. The van der Waals surface area contributed by atoms with Crippen molar-refractivity contribution in [1.82, 2.24) is 4.98 Å². The number of aromatic nitrogens is 1. The van der Waals surface area contributed by atoms with Crippen LogP contribution in [0.1, 0.15) is 37.3 Å². The molecule has 0 aromatic carbocycles. The van der Waals surface area contributed by atoms with Gasteiger partial charge in [0.15, 0.2) is 5.13 Å². The lowest BCUT2D eigenvalue weighted by molar-refractivity contribution is 0.666. The second kappa shape index (κ2) is 8.02. The van der Waals surface area contributed by atoms with Crippen LogP contribution in [0.3, 0.4) is 0 Å². The molecule has 1 rings (SSSR count). The third-order valence-electron chi connectivity index (χ3n) is 3.14. The summed E-state index contributed by atoms with van der Waals surface area (Å²) in [5, 5.41) is 1.12. The van der Waals surface area contributed by atoms with Gasteiger partial charge >= 0.3 is 0 Å². The van der Waals surface area contributed by atoms with Gasteiger partial charge in [-0.15, -0.1) is 11.3 Å². The van der Waals surface area contributed by atoms with Crippen molar-refractivity contribution < 1.29 is 0 Å². The fourth-order valence-electron chi connectivity index (χ4n) is 1.78. The van der Waals surface area contributed by atoms with E-state index in [1.807, 2.05) is 11.8 Å². The lowest BCUT2D eigenvalue weighted by Crippen LogP contribution is -2.29. The Morgan fingerprint density at radius 3 is 2.78 bits per heavy atom. The van der Waals surface area contributed by atoms with Crippen molar-refractivity contribution in [2.75, 3.05) is 24.0 Å². The maximum Gasteiger partial charge on any atom is 0.185 e. The van der Waals surface area contributed by atoms with E-state index >= 15 is 0 Å². The quantitative estimate of drug-likeness (QED) is 0.797. The van der Waals surface area contributed by atoms with Gasteiger partial charge in [-0.2, -0.15) is 11.8 Å². The van der Waals surface area contributed by atoms with E-state index in [-0.39, 0.29) is 0 Å². The van der Waals surface area contributed by atoms with Crippen LogP contribution in [0.4, 0.5) is 5.13 Å². The van der Waals surface area contributed by atoms with Crippen LogP contribution in [-0.2, 0) is 13.0 Å². The predicted molar refractivity (Wildman–Crippen MR) is 84.9 cm³/mol. The first kappa shape index (κ1) is 15.8. The van der Waals surface area contributed by atoms with Gasteiger partial charge in [-0.1, -0.05) is 13.3 Å².